The molecule has 1 aliphatic heterocycles. The minimum absolute atomic E-state index is 0.0329. The third kappa shape index (κ3) is 3.71. The van der Waals surface area contributed by atoms with Gasteiger partial charge in [0.05, 0.1) is 64.3 Å². The zero-order valence-corrected chi connectivity index (χ0v) is 19.0. The van der Waals surface area contributed by atoms with Crippen LogP contribution in [0.3, 0.4) is 0 Å². The number of nitriles is 1. The van der Waals surface area contributed by atoms with Crippen molar-refractivity contribution in [1.29, 1.82) is 5.26 Å². The Morgan fingerprint density at radius 1 is 1.31 bits per heavy atom. The van der Waals surface area contributed by atoms with Crippen LogP contribution in [-0.4, -0.2) is 38.8 Å². The maximum absolute atomic E-state index is 15.4. The van der Waals surface area contributed by atoms with Gasteiger partial charge in [-0.1, -0.05) is 17.7 Å². The van der Waals surface area contributed by atoms with E-state index < -0.39 is 24.8 Å². The number of aromatic amines is 1. The van der Waals surface area contributed by atoms with E-state index in [4.69, 9.17) is 17.3 Å². The third-order valence-corrected chi connectivity index (χ3v) is 6.21. The lowest BCUT2D eigenvalue weighted by Crippen LogP contribution is -2.56. The molecule has 5 rings (SSSR count). The molecule has 0 bridgehead atoms. The number of hydrogen-bond acceptors (Lipinski definition) is 6. The van der Waals surface area contributed by atoms with Gasteiger partial charge in [0.1, 0.15) is 11.9 Å². The van der Waals surface area contributed by atoms with E-state index in [1.807, 2.05) is 6.07 Å². The summed E-state index contributed by atoms with van der Waals surface area (Å²) in [5.41, 5.74) is 6.67. The van der Waals surface area contributed by atoms with E-state index in [-0.39, 0.29) is 39.6 Å². The lowest BCUT2D eigenvalue weighted by Gasteiger charge is -2.41. The average molecular weight is 500 g/mol. The number of fused-ring (bicyclic) bond motifs is 1. The first-order valence-corrected chi connectivity index (χ1v) is 10.8. The fourth-order valence-electron chi connectivity index (χ4n) is 4.28. The average Bonchev–Trinajstić information content (AvgIpc) is 3.19. The van der Waals surface area contributed by atoms with E-state index in [1.54, 1.807) is 25.2 Å². The van der Waals surface area contributed by atoms with Crippen LogP contribution in [0.5, 0.6) is 0 Å². The Morgan fingerprint density at radius 3 is 2.71 bits per heavy atom. The molecule has 12 heteroatoms. The summed E-state index contributed by atoms with van der Waals surface area (Å²) < 4.78 is 43.9. The third-order valence-electron chi connectivity index (χ3n) is 5.93. The Morgan fingerprint density at radius 2 is 2.06 bits per heavy atom. The molecule has 0 atom stereocenters. The monoisotopic (exact) mass is 499 g/mol. The van der Waals surface area contributed by atoms with Gasteiger partial charge >= 0.3 is 0 Å². The van der Waals surface area contributed by atoms with Gasteiger partial charge in [0, 0.05) is 12.6 Å². The molecule has 3 heterocycles. The van der Waals surface area contributed by atoms with E-state index in [9.17, 15) is 18.8 Å². The maximum Gasteiger partial charge on any atom is 0.282 e. The SMILES string of the molecule is Cn1ncc(-c2ccc3c(=O)[nH]c(CN)nc3c2)c1-c1c(F)c(Cl)cc(N2CC(F)(F)C2)c1C#N. The van der Waals surface area contributed by atoms with Crippen LogP contribution in [0.25, 0.3) is 33.3 Å². The molecule has 0 spiro atoms. The molecule has 1 aliphatic rings. The highest BCUT2D eigenvalue weighted by Gasteiger charge is 2.45. The van der Waals surface area contributed by atoms with Crippen molar-refractivity contribution in [2.75, 3.05) is 18.0 Å². The second kappa shape index (κ2) is 8.11. The fraction of sp³-hybridized carbons (Fsp3) is 0.217. The smallest absolute Gasteiger partial charge is 0.282 e. The number of rotatable bonds is 4. The first-order chi connectivity index (χ1) is 16.6. The molecule has 0 radical (unpaired) electrons. The predicted octanol–water partition coefficient (Wildman–Crippen LogP) is 3.57. The number of anilines is 1. The Bertz CT molecular complexity index is 1600. The Hall–Kier alpha value is -3.88. The van der Waals surface area contributed by atoms with Crippen molar-refractivity contribution in [3.8, 4) is 28.5 Å². The molecular formula is C23H17ClF3N7O. The summed E-state index contributed by atoms with van der Waals surface area (Å²) >= 11 is 6.15. The van der Waals surface area contributed by atoms with Crippen LogP contribution in [0, 0.1) is 17.1 Å². The quantitative estimate of drug-likeness (QED) is 0.443. The van der Waals surface area contributed by atoms with E-state index >= 15 is 4.39 Å². The van der Waals surface area contributed by atoms with Crippen molar-refractivity contribution in [3.63, 3.8) is 0 Å². The molecule has 35 heavy (non-hydrogen) atoms. The summed E-state index contributed by atoms with van der Waals surface area (Å²) in [6.45, 7) is -1.17. The van der Waals surface area contributed by atoms with Gasteiger partial charge in [-0.3, -0.25) is 9.48 Å². The summed E-state index contributed by atoms with van der Waals surface area (Å²) in [5, 5.41) is 14.2. The van der Waals surface area contributed by atoms with Crippen molar-refractivity contribution in [1.82, 2.24) is 19.7 Å². The largest absolute Gasteiger partial charge is 0.358 e. The van der Waals surface area contributed by atoms with Gasteiger partial charge in [0.25, 0.3) is 11.5 Å². The van der Waals surface area contributed by atoms with Crippen LogP contribution in [0.1, 0.15) is 11.4 Å². The lowest BCUT2D eigenvalue weighted by atomic mass is 9.94. The summed E-state index contributed by atoms with van der Waals surface area (Å²) in [7, 11) is 1.56. The van der Waals surface area contributed by atoms with Crippen molar-refractivity contribution in [2.45, 2.75) is 12.5 Å². The zero-order chi connectivity index (χ0) is 25.1. The molecule has 4 aromatic rings. The summed E-state index contributed by atoms with van der Waals surface area (Å²) in [4.78, 5) is 20.5. The fourth-order valence-corrected chi connectivity index (χ4v) is 4.48. The second-order valence-corrected chi connectivity index (χ2v) is 8.65. The summed E-state index contributed by atoms with van der Waals surface area (Å²) in [5.74, 6) is -3.47. The van der Waals surface area contributed by atoms with Gasteiger partial charge in [-0.2, -0.15) is 10.4 Å². The number of nitrogens with one attached hydrogen (secondary N) is 1. The van der Waals surface area contributed by atoms with Crippen molar-refractivity contribution >= 4 is 28.2 Å². The summed E-state index contributed by atoms with van der Waals surface area (Å²) in [6.07, 6.45) is 1.48. The molecule has 3 N–H and O–H groups in total. The highest BCUT2D eigenvalue weighted by molar-refractivity contribution is 6.31. The van der Waals surface area contributed by atoms with Crippen molar-refractivity contribution < 1.29 is 13.2 Å². The second-order valence-electron chi connectivity index (χ2n) is 8.24. The van der Waals surface area contributed by atoms with Gasteiger partial charge in [0.15, 0.2) is 5.82 Å². The van der Waals surface area contributed by atoms with E-state index in [0.717, 1.165) is 0 Å². The van der Waals surface area contributed by atoms with Crippen LogP contribution in [0.15, 0.2) is 35.3 Å². The normalized spacial score (nSPS) is 14.7. The van der Waals surface area contributed by atoms with E-state index in [0.29, 0.717) is 27.9 Å². The molecular weight excluding hydrogens is 483 g/mol. The lowest BCUT2D eigenvalue weighted by molar-refractivity contribution is -0.0262. The van der Waals surface area contributed by atoms with Gasteiger partial charge in [-0.15, -0.1) is 0 Å². The van der Waals surface area contributed by atoms with Gasteiger partial charge in [0.2, 0.25) is 0 Å². The number of nitrogens with zero attached hydrogens (tertiary/aromatic N) is 5. The maximum atomic E-state index is 15.4. The van der Waals surface area contributed by atoms with E-state index in [2.05, 4.69) is 15.1 Å². The molecule has 2 aromatic carbocycles. The zero-order valence-electron chi connectivity index (χ0n) is 18.2. The number of aromatic nitrogens is 4. The minimum Gasteiger partial charge on any atom is -0.358 e. The number of alkyl halides is 2. The summed E-state index contributed by atoms with van der Waals surface area (Å²) in [6, 6.07) is 7.99. The number of nitrogens with two attached hydrogens (primary N) is 1. The molecule has 8 nitrogen and oxygen atoms in total. The molecule has 0 unspecified atom stereocenters. The predicted molar refractivity (Wildman–Crippen MR) is 125 cm³/mol. The van der Waals surface area contributed by atoms with Crippen LogP contribution < -0.4 is 16.2 Å². The minimum atomic E-state index is -2.90. The van der Waals surface area contributed by atoms with Crippen LogP contribution in [0.2, 0.25) is 5.02 Å². The molecule has 0 amide bonds. The van der Waals surface area contributed by atoms with Crippen LogP contribution in [0.4, 0.5) is 18.9 Å². The first-order valence-electron chi connectivity index (χ1n) is 10.4. The molecule has 1 fully saturated rings. The number of H-pyrrole nitrogens is 1. The molecule has 178 valence electrons. The van der Waals surface area contributed by atoms with Crippen LogP contribution in [-0.2, 0) is 13.6 Å². The van der Waals surface area contributed by atoms with Crippen molar-refractivity contribution in [3.05, 3.63) is 63.0 Å². The Kier molecular flexibility index (Phi) is 5.30. The number of aryl methyl sites for hydroxylation is 1. The van der Waals surface area contributed by atoms with Gasteiger partial charge < -0.3 is 15.6 Å². The topological polar surface area (TPSA) is 117 Å². The Labute approximate surface area is 201 Å². The van der Waals surface area contributed by atoms with Gasteiger partial charge in [-0.05, 0) is 23.8 Å². The van der Waals surface area contributed by atoms with Crippen molar-refractivity contribution in [2.24, 2.45) is 12.8 Å². The number of hydrogen-bond donors (Lipinski definition) is 2. The molecule has 2 aromatic heterocycles. The number of benzene rings is 2. The first kappa shape index (κ1) is 22.9. The molecule has 0 saturated carbocycles. The van der Waals surface area contributed by atoms with E-state index in [1.165, 1.54) is 21.8 Å². The number of halogens is 4. The van der Waals surface area contributed by atoms with Gasteiger partial charge in [-0.25, -0.2) is 18.2 Å². The van der Waals surface area contributed by atoms with Crippen LogP contribution >= 0.6 is 11.6 Å². The molecule has 1 saturated heterocycles. The Balaban J connectivity index is 1.73. The standard InChI is InChI=1S/C23H17ClF3N7O/c1-33-21(19-13(6-28)17(5-15(24)20(19)25)34-9-23(26,27)10-34)14(8-30-33)11-2-3-12-16(4-11)31-18(7-29)32-22(12)35/h2-5,8H,7,9-10,29H2,1H3,(H,31,32,35). The highest BCUT2D eigenvalue weighted by Crippen LogP contribution is 2.44. The molecule has 0 aliphatic carbocycles. The highest BCUT2D eigenvalue weighted by atomic mass is 35.5.